The van der Waals surface area contributed by atoms with Gasteiger partial charge in [0.15, 0.2) is 0 Å². The van der Waals surface area contributed by atoms with E-state index in [-0.39, 0.29) is 27.4 Å². The van der Waals surface area contributed by atoms with Gasteiger partial charge in [-0.05, 0) is 49.2 Å². The highest BCUT2D eigenvalue weighted by Crippen LogP contribution is 2.26. The van der Waals surface area contributed by atoms with Crippen LogP contribution < -0.4 is 10.6 Å². The van der Waals surface area contributed by atoms with Crippen molar-refractivity contribution in [1.29, 1.82) is 0 Å². The Labute approximate surface area is 181 Å². The number of carbonyl (C=O) groups excluding carboxylic acids is 2. The van der Waals surface area contributed by atoms with E-state index in [1.54, 1.807) is 38.1 Å². The summed E-state index contributed by atoms with van der Waals surface area (Å²) in [4.78, 5) is 24.8. The standard InChI is InChI=1S/C21H24ClN3O4S/c1-3-25(4-2)30(28,29)19-13-15(8-11-18(19)22)21(27)24-17-7-5-6-14(12-17)20(26)23-16-9-10-16/h5-8,11-13,16H,3-4,9-10H2,1-2H3,(H,23,26)(H,24,27). The minimum Gasteiger partial charge on any atom is -0.349 e. The van der Waals surface area contributed by atoms with Crippen molar-refractivity contribution in [3.05, 3.63) is 58.6 Å². The van der Waals surface area contributed by atoms with Gasteiger partial charge < -0.3 is 10.6 Å². The van der Waals surface area contributed by atoms with E-state index in [2.05, 4.69) is 10.6 Å². The molecule has 1 fully saturated rings. The summed E-state index contributed by atoms with van der Waals surface area (Å²) in [5.74, 6) is -0.685. The first-order valence-corrected chi connectivity index (χ1v) is 11.6. The van der Waals surface area contributed by atoms with E-state index in [1.165, 1.54) is 22.5 Å². The van der Waals surface area contributed by atoms with Crippen LogP contribution in [0.15, 0.2) is 47.4 Å². The van der Waals surface area contributed by atoms with Crippen LogP contribution in [0.2, 0.25) is 5.02 Å². The molecule has 0 aliphatic heterocycles. The maximum absolute atomic E-state index is 12.8. The molecule has 3 rings (SSSR count). The molecule has 7 nitrogen and oxygen atoms in total. The van der Waals surface area contributed by atoms with Crippen molar-refractivity contribution in [2.75, 3.05) is 18.4 Å². The fourth-order valence-electron chi connectivity index (χ4n) is 2.98. The summed E-state index contributed by atoms with van der Waals surface area (Å²) >= 11 is 6.12. The molecular formula is C21H24ClN3O4S. The summed E-state index contributed by atoms with van der Waals surface area (Å²) in [6.07, 6.45) is 1.97. The van der Waals surface area contributed by atoms with Crippen LogP contribution in [0.5, 0.6) is 0 Å². The summed E-state index contributed by atoms with van der Waals surface area (Å²) in [5.41, 5.74) is 1.03. The molecule has 30 heavy (non-hydrogen) atoms. The highest BCUT2D eigenvalue weighted by Gasteiger charge is 2.26. The molecule has 0 heterocycles. The van der Waals surface area contributed by atoms with Crippen LogP contribution >= 0.6 is 11.6 Å². The van der Waals surface area contributed by atoms with Crippen molar-refractivity contribution in [2.45, 2.75) is 37.6 Å². The van der Waals surface area contributed by atoms with Crippen molar-refractivity contribution < 1.29 is 18.0 Å². The number of amides is 2. The Morgan fingerprint density at radius 3 is 2.33 bits per heavy atom. The lowest BCUT2D eigenvalue weighted by molar-refractivity contribution is 0.0949. The van der Waals surface area contributed by atoms with E-state index in [0.717, 1.165) is 12.8 Å². The average molecular weight is 450 g/mol. The molecule has 0 bridgehead atoms. The molecule has 0 unspecified atom stereocenters. The number of nitrogens with zero attached hydrogens (tertiary/aromatic N) is 1. The van der Waals surface area contributed by atoms with Crippen LogP contribution in [0.25, 0.3) is 0 Å². The fourth-order valence-corrected chi connectivity index (χ4v) is 4.94. The van der Waals surface area contributed by atoms with Crippen LogP contribution in [0.1, 0.15) is 47.4 Å². The van der Waals surface area contributed by atoms with Gasteiger partial charge in [0, 0.05) is 35.9 Å². The van der Waals surface area contributed by atoms with Crippen LogP contribution in [-0.2, 0) is 10.0 Å². The van der Waals surface area contributed by atoms with E-state index in [1.807, 2.05) is 0 Å². The lowest BCUT2D eigenvalue weighted by Crippen LogP contribution is -2.31. The molecule has 160 valence electrons. The Morgan fingerprint density at radius 1 is 1.03 bits per heavy atom. The second kappa shape index (κ2) is 9.16. The number of rotatable bonds is 8. The molecule has 0 atom stereocenters. The molecular weight excluding hydrogens is 426 g/mol. The second-order valence-electron chi connectivity index (χ2n) is 7.02. The van der Waals surface area contributed by atoms with Gasteiger partial charge in [-0.1, -0.05) is 31.5 Å². The van der Waals surface area contributed by atoms with Crippen molar-refractivity contribution in [1.82, 2.24) is 9.62 Å². The van der Waals surface area contributed by atoms with Gasteiger partial charge >= 0.3 is 0 Å². The van der Waals surface area contributed by atoms with Crippen molar-refractivity contribution in [2.24, 2.45) is 0 Å². The van der Waals surface area contributed by atoms with E-state index in [0.29, 0.717) is 24.3 Å². The number of carbonyl (C=O) groups is 2. The first-order valence-electron chi connectivity index (χ1n) is 9.78. The summed E-state index contributed by atoms with van der Waals surface area (Å²) < 4.78 is 26.9. The highest BCUT2D eigenvalue weighted by atomic mass is 35.5. The molecule has 0 saturated heterocycles. The maximum atomic E-state index is 12.8. The predicted molar refractivity (Wildman–Crippen MR) is 116 cm³/mol. The molecule has 0 radical (unpaired) electrons. The number of halogens is 1. The molecule has 2 aromatic carbocycles. The minimum atomic E-state index is -3.82. The number of anilines is 1. The molecule has 2 amide bonds. The van der Waals surface area contributed by atoms with Gasteiger partial charge in [-0.25, -0.2) is 8.42 Å². The third-order valence-electron chi connectivity index (χ3n) is 4.81. The van der Waals surface area contributed by atoms with E-state index in [4.69, 9.17) is 11.6 Å². The van der Waals surface area contributed by atoms with Crippen molar-refractivity contribution >= 4 is 39.1 Å². The number of hydrogen-bond acceptors (Lipinski definition) is 4. The Hall–Kier alpha value is -2.42. The van der Waals surface area contributed by atoms with Gasteiger partial charge in [0.05, 0.1) is 5.02 Å². The largest absolute Gasteiger partial charge is 0.349 e. The molecule has 2 N–H and O–H groups in total. The first-order chi connectivity index (χ1) is 14.3. The molecule has 9 heteroatoms. The normalized spacial score (nSPS) is 13.9. The predicted octanol–water partition coefficient (Wildman–Crippen LogP) is 3.52. The molecule has 0 aromatic heterocycles. The Kier molecular flexibility index (Phi) is 6.80. The summed E-state index contributed by atoms with van der Waals surface area (Å²) in [5, 5.41) is 5.66. The van der Waals surface area contributed by atoms with Gasteiger partial charge in [-0.3, -0.25) is 9.59 Å². The molecule has 1 aliphatic carbocycles. The average Bonchev–Trinajstić information content (AvgIpc) is 3.53. The third kappa shape index (κ3) is 5.00. The summed E-state index contributed by atoms with van der Waals surface area (Å²) in [7, 11) is -3.82. The Morgan fingerprint density at radius 2 is 1.70 bits per heavy atom. The SMILES string of the molecule is CCN(CC)S(=O)(=O)c1cc(C(=O)Nc2cccc(C(=O)NC3CC3)c2)ccc1Cl. The van der Waals surface area contributed by atoms with Crippen molar-refractivity contribution in [3.8, 4) is 0 Å². The van der Waals surface area contributed by atoms with Crippen LogP contribution in [0, 0.1) is 0 Å². The molecule has 0 spiro atoms. The number of nitrogens with one attached hydrogen (secondary N) is 2. The first kappa shape index (κ1) is 22.3. The third-order valence-corrected chi connectivity index (χ3v) is 7.34. The number of sulfonamides is 1. The van der Waals surface area contributed by atoms with Gasteiger partial charge in [0.2, 0.25) is 10.0 Å². The zero-order valence-corrected chi connectivity index (χ0v) is 18.4. The fraction of sp³-hybridized carbons (Fsp3) is 0.333. The van der Waals surface area contributed by atoms with E-state index < -0.39 is 15.9 Å². The Balaban J connectivity index is 1.82. The van der Waals surface area contributed by atoms with Gasteiger partial charge in [0.1, 0.15) is 4.90 Å². The quantitative estimate of drug-likeness (QED) is 0.644. The van der Waals surface area contributed by atoms with Crippen LogP contribution in [0.3, 0.4) is 0 Å². The monoisotopic (exact) mass is 449 g/mol. The van der Waals surface area contributed by atoms with Gasteiger partial charge in [-0.2, -0.15) is 4.31 Å². The molecule has 1 saturated carbocycles. The lowest BCUT2D eigenvalue weighted by atomic mass is 10.1. The maximum Gasteiger partial charge on any atom is 0.255 e. The minimum absolute atomic E-state index is 0.0530. The topological polar surface area (TPSA) is 95.6 Å². The molecule has 2 aromatic rings. The van der Waals surface area contributed by atoms with E-state index >= 15 is 0 Å². The van der Waals surface area contributed by atoms with Gasteiger partial charge in [0.25, 0.3) is 11.8 Å². The highest BCUT2D eigenvalue weighted by molar-refractivity contribution is 7.89. The number of benzene rings is 2. The van der Waals surface area contributed by atoms with Crippen LogP contribution in [-0.4, -0.2) is 43.7 Å². The summed E-state index contributed by atoms with van der Waals surface area (Å²) in [6.45, 7) is 4.05. The zero-order chi connectivity index (χ0) is 21.9. The number of hydrogen-bond donors (Lipinski definition) is 2. The van der Waals surface area contributed by atoms with Crippen LogP contribution in [0.4, 0.5) is 5.69 Å². The Bertz CT molecular complexity index is 1060. The molecule has 1 aliphatic rings. The summed E-state index contributed by atoms with van der Waals surface area (Å²) in [6, 6.07) is 11.0. The van der Waals surface area contributed by atoms with E-state index in [9.17, 15) is 18.0 Å². The smallest absolute Gasteiger partial charge is 0.255 e. The van der Waals surface area contributed by atoms with Crippen molar-refractivity contribution in [3.63, 3.8) is 0 Å². The lowest BCUT2D eigenvalue weighted by Gasteiger charge is -2.19. The van der Waals surface area contributed by atoms with Gasteiger partial charge in [-0.15, -0.1) is 0 Å². The second-order valence-corrected chi connectivity index (χ2v) is 9.33. The zero-order valence-electron chi connectivity index (χ0n) is 16.8.